The van der Waals surface area contributed by atoms with E-state index in [0.717, 1.165) is 47.1 Å². The van der Waals surface area contributed by atoms with E-state index in [9.17, 15) is 14.3 Å². The highest BCUT2D eigenvalue weighted by molar-refractivity contribution is 7.22. The number of carboxylic acid groups (broad SMARTS) is 1. The second kappa shape index (κ2) is 15.5. The lowest BCUT2D eigenvalue weighted by Crippen LogP contribution is -2.44. The van der Waals surface area contributed by atoms with Gasteiger partial charge in [0.2, 0.25) is 0 Å². The number of fused-ring (bicyclic) bond motifs is 1. The van der Waals surface area contributed by atoms with Gasteiger partial charge in [-0.05, 0) is 68.8 Å². The molecule has 1 fully saturated rings. The molecule has 1 saturated heterocycles. The zero-order chi connectivity index (χ0) is 33.5. The van der Waals surface area contributed by atoms with Gasteiger partial charge in [0.1, 0.15) is 0 Å². The van der Waals surface area contributed by atoms with Gasteiger partial charge in [0, 0.05) is 36.6 Å². The molecule has 0 saturated carbocycles. The summed E-state index contributed by atoms with van der Waals surface area (Å²) in [5, 5.41) is 26.0. The molecule has 0 atom stereocenters. The Kier molecular flexibility index (Phi) is 10.7. The maximum atomic E-state index is 14.7. The van der Waals surface area contributed by atoms with Crippen LogP contribution in [0.1, 0.15) is 38.6 Å². The summed E-state index contributed by atoms with van der Waals surface area (Å²) in [5.41, 5.74) is 3.09. The number of nitrogens with zero attached hydrogens (tertiary/aromatic N) is 6. The van der Waals surface area contributed by atoms with Crippen LogP contribution in [-0.4, -0.2) is 87.4 Å². The van der Waals surface area contributed by atoms with Crippen molar-refractivity contribution >= 4 is 54.9 Å². The molecule has 2 aromatic carbocycles. The third kappa shape index (κ3) is 8.61. The molecular formula is C34H35FN8O3S2. The average Bonchev–Trinajstić information content (AvgIpc) is 3.69. The number of hydrogen-bond donors (Lipinski definition) is 3. The molecule has 3 aromatic heterocycles. The lowest BCUT2D eigenvalue weighted by atomic mass is 10.2. The maximum absolute atomic E-state index is 14.7. The van der Waals surface area contributed by atoms with Crippen molar-refractivity contribution in [2.45, 2.75) is 26.3 Å². The first-order valence-corrected chi connectivity index (χ1v) is 17.2. The number of anilines is 3. The number of benzene rings is 2. The molecule has 14 heteroatoms. The molecule has 0 spiro atoms. The highest BCUT2D eigenvalue weighted by Gasteiger charge is 2.18. The summed E-state index contributed by atoms with van der Waals surface area (Å²) >= 11 is 2.81. The Morgan fingerprint density at radius 2 is 1.90 bits per heavy atom. The van der Waals surface area contributed by atoms with Crippen molar-refractivity contribution in [1.29, 1.82) is 0 Å². The number of thiazole rings is 2. The molecule has 1 aliphatic heterocycles. The summed E-state index contributed by atoms with van der Waals surface area (Å²) in [4.78, 5) is 25.9. The first-order chi connectivity index (χ1) is 23.3. The number of likely N-dealkylation sites (N-methyl/N-ethyl adjacent to an activating group) is 1. The molecule has 11 nitrogen and oxygen atoms in total. The number of ether oxygens (including phenoxy) is 1. The minimum atomic E-state index is -1.11. The summed E-state index contributed by atoms with van der Waals surface area (Å²) in [5.74, 6) is 5.35. The van der Waals surface area contributed by atoms with Crippen LogP contribution in [0.3, 0.4) is 0 Å². The molecule has 0 radical (unpaired) electrons. The number of aromatic carboxylic acids is 1. The normalized spacial score (nSPS) is 13.6. The van der Waals surface area contributed by atoms with Crippen LogP contribution in [0.25, 0.3) is 10.2 Å². The zero-order valence-corrected chi connectivity index (χ0v) is 28.3. The number of aromatic nitrogens is 4. The Morgan fingerprint density at radius 1 is 1.06 bits per heavy atom. The van der Waals surface area contributed by atoms with Crippen LogP contribution in [0.2, 0.25) is 0 Å². The van der Waals surface area contributed by atoms with E-state index in [1.807, 2.05) is 37.3 Å². The maximum Gasteiger partial charge on any atom is 0.355 e. The minimum Gasteiger partial charge on any atom is -0.491 e. The molecule has 1 aliphatic rings. The van der Waals surface area contributed by atoms with Gasteiger partial charge >= 0.3 is 5.97 Å². The quantitative estimate of drug-likeness (QED) is 0.111. The topological polar surface area (TPSA) is 129 Å². The van der Waals surface area contributed by atoms with Gasteiger partial charge < -0.3 is 25.4 Å². The number of piperazine rings is 1. The van der Waals surface area contributed by atoms with Gasteiger partial charge in [0.25, 0.3) is 0 Å². The zero-order valence-electron chi connectivity index (χ0n) is 26.6. The average molecular weight is 687 g/mol. The first-order valence-electron chi connectivity index (χ1n) is 15.6. The lowest BCUT2D eigenvalue weighted by molar-refractivity contribution is 0.0690. The lowest BCUT2D eigenvalue weighted by Gasteiger charge is -2.30. The van der Waals surface area contributed by atoms with Crippen molar-refractivity contribution in [2.24, 2.45) is 0 Å². The Labute approximate surface area is 285 Å². The van der Waals surface area contributed by atoms with Crippen LogP contribution in [-0.2, 0) is 13.0 Å². The van der Waals surface area contributed by atoms with Crippen molar-refractivity contribution in [3.05, 3.63) is 81.7 Å². The van der Waals surface area contributed by atoms with Crippen LogP contribution < -0.4 is 15.4 Å². The van der Waals surface area contributed by atoms with Crippen molar-refractivity contribution in [2.75, 3.05) is 57.0 Å². The number of carbonyl (C=O) groups is 1. The summed E-state index contributed by atoms with van der Waals surface area (Å²) in [7, 11) is 2.11. The minimum absolute atomic E-state index is 0.00849. The third-order valence-corrected chi connectivity index (χ3v) is 9.77. The van der Waals surface area contributed by atoms with E-state index >= 15 is 0 Å². The van der Waals surface area contributed by atoms with E-state index in [-0.39, 0.29) is 18.1 Å². The molecule has 0 amide bonds. The molecule has 4 heterocycles. The number of para-hydroxylation sites is 1. The largest absolute Gasteiger partial charge is 0.491 e. The standard InChI is InChI=1S/C34H35FN8O3S2/c1-22-19-24(40-41-31(22)39-34-37-26-8-3-4-9-28(26)47-34)21-36-33-38-30(32(44)45)29(48-33)10-6-18-46-27-12-11-23(20-25(27)35)7-5-13-43-16-14-42(2)15-17-43/h3-4,8-9,11-12,19-20H,6,10,13-18,21H2,1-2H3,(H,36,38)(H,44,45)(H,37,39,41). The Balaban J connectivity index is 0.980. The van der Waals surface area contributed by atoms with E-state index < -0.39 is 11.8 Å². The Hall–Kier alpha value is -4.68. The monoisotopic (exact) mass is 686 g/mol. The molecule has 248 valence electrons. The van der Waals surface area contributed by atoms with Crippen LogP contribution in [0.5, 0.6) is 5.75 Å². The third-order valence-electron chi connectivity index (χ3n) is 7.74. The molecule has 0 aliphatic carbocycles. The van der Waals surface area contributed by atoms with Gasteiger partial charge in [-0.1, -0.05) is 35.3 Å². The summed E-state index contributed by atoms with van der Waals surface area (Å²) in [6.07, 6.45) is 0.908. The fraction of sp³-hybridized carbons (Fsp3) is 0.324. The van der Waals surface area contributed by atoms with E-state index in [1.54, 1.807) is 23.5 Å². The van der Waals surface area contributed by atoms with Gasteiger partial charge in [-0.15, -0.1) is 16.4 Å². The van der Waals surface area contributed by atoms with Crippen molar-refractivity contribution in [1.82, 2.24) is 30.0 Å². The molecular weight excluding hydrogens is 652 g/mol. The molecule has 5 aromatic rings. The fourth-order valence-corrected chi connectivity index (χ4v) is 6.93. The summed E-state index contributed by atoms with van der Waals surface area (Å²) in [6.45, 7) is 7.15. The molecule has 6 rings (SSSR count). The number of rotatable bonds is 12. The number of halogens is 1. The number of carboxylic acids is 1. The highest BCUT2D eigenvalue weighted by atomic mass is 32.1. The van der Waals surface area contributed by atoms with E-state index in [0.29, 0.717) is 53.0 Å². The number of hydrogen-bond acceptors (Lipinski definition) is 12. The Bertz CT molecular complexity index is 1930. The molecule has 0 bridgehead atoms. The second-order valence-electron chi connectivity index (χ2n) is 11.4. The van der Waals surface area contributed by atoms with E-state index in [2.05, 4.69) is 59.5 Å². The van der Waals surface area contributed by atoms with Crippen molar-refractivity contribution < 1.29 is 19.0 Å². The van der Waals surface area contributed by atoms with Crippen molar-refractivity contribution in [3.63, 3.8) is 0 Å². The van der Waals surface area contributed by atoms with Gasteiger partial charge in [-0.3, -0.25) is 4.90 Å². The van der Waals surface area contributed by atoms with Crippen LogP contribution in [0, 0.1) is 24.6 Å². The van der Waals surface area contributed by atoms with Crippen LogP contribution in [0.15, 0.2) is 48.5 Å². The van der Waals surface area contributed by atoms with Gasteiger partial charge in [-0.25, -0.2) is 19.2 Å². The van der Waals surface area contributed by atoms with Gasteiger partial charge in [0.05, 0.1) is 35.6 Å². The Morgan fingerprint density at radius 3 is 2.67 bits per heavy atom. The molecule has 0 unspecified atom stereocenters. The molecule has 48 heavy (non-hydrogen) atoms. The van der Waals surface area contributed by atoms with Gasteiger partial charge in [0.15, 0.2) is 33.3 Å². The van der Waals surface area contributed by atoms with Crippen LogP contribution in [0.4, 0.5) is 20.5 Å². The van der Waals surface area contributed by atoms with E-state index in [1.165, 1.54) is 17.4 Å². The first kappa shape index (κ1) is 33.2. The highest BCUT2D eigenvalue weighted by Crippen LogP contribution is 2.29. The van der Waals surface area contributed by atoms with Gasteiger partial charge in [-0.2, -0.15) is 5.10 Å². The smallest absolute Gasteiger partial charge is 0.355 e. The molecule has 3 N–H and O–H groups in total. The fourth-order valence-electron chi connectivity index (χ4n) is 5.08. The number of aryl methyl sites for hydroxylation is 2. The summed E-state index contributed by atoms with van der Waals surface area (Å²) < 4.78 is 21.4. The van der Waals surface area contributed by atoms with Crippen LogP contribution >= 0.6 is 22.7 Å². The van der Waals surface area contributed by atoms with E-state index in [4.69, 9.17) is 4.74 Å². The van der Waals surface area contributed by atoms with Crippen molar-refractivity contribution in [3.8, 4) is 17.6 Å². The SMILES string of the molecule is Cc1cc(CNc2nc(C(=O)O)c(CCCOc3ccc(C#CCN4CCN(C)CC4)cc3F)s2)nnc1Nc1nc2ccccc2s1. The predicted molar refractivity (Wildman–Crippen MR) is 187 cm³/mol. The summed E-state index contributed by atoms with van der Waals surface area (Å²) in [6, 6.07) is 14.5. The second-order valence-corrected chi connectivity index (χ2v) is 13.5. The number of nitrogens with one attached hydrogen (secondary N) is 2. The predicted octanol–water partition coefficient (Wildman–Crippen LogP) is 5.65.